The number of nitrogens with two attached hydrogens (primary N) is 1. The highest BCUT2D eigenvalue weighted by Gasteiger charge is 2.14. The van der Waals surface area contributed by atoms with E-state index < -0.39 is 0 Å². The Labute approximate surface area is 135 Å². The summed E-state index contributed by atoms with van der Waals surface area (Å²) in [5.74, 6) is 0.617. The summed E-state index contributed by atoms with van der Waals surface area (Å²) in [6.07, 6.45) is 0.681. The summed E-state index contributed by atoms with van der Waals surface area (Å²) in [5.41, 5.74) is 6.48. The maximum Gasteiger partial charge on any atom is 0.127 e. The van der Waals surface area contributed by atoms with E-state index in [1.807, 2.05) is 36.4 Å². The lowest BCUT2D eigenvalue weighted by Crippen LogP contribution is -2.16. The molecular formula is C20H20FNO. The van der Waals surface area contributed by atoms with E-state index in [9.17, 15) is 4.39 Å². The quantitative estimate of drug-likeness (QED) is 0.728. The minimum absolute atomic E-state index is 0.0359. The van der Waals surface area contributed by atoms with E-state index in [4.69, 9.17) is 10.5 Å². The Bertz CT molecular complexity index is 782. The van der Waals surface area contributed by atoms with Crippen LogP contribution in [0.5, 0.6) is 5.75 Å². The molecule has 3 aromatic rings. The molecule has 2 nitrogen and oxygen atoms in total. The van der Waals surface area contributed by atoms with Crippen LogP contribution >= 0.6 is 0 Å². The predicted molar refractivity (Wildman–Crippen MR) is 92.3 cm³/mol. The zero-order valence-electron chi connectivity index (χ0n) is 12.9. The molecule has 1 unspecified atom stereocenters. The van der Waals surface area contributed by atoms with Gasteiger partial charge in [0.2, 0.25) is 0 Å². The maximum atomic E-state index is 13.9. The number of benzene rings is 3. The van der Waals surface area contributed by atoms with Gasteiger partial charge >= 0.3 is 0 Å². The summed E-state index contributed by atoms with van der Waals surface area (Å²) < 4.78 is 19.8. The Morgan fingerprint density at radius 1 is 0.913 bits per heavy atom. The smallest absolute Gasteiger partial charge is 0.127 e. The van der Waals surface area contributed by atoms with Crippen molar-refractivity contribution < 1.29 is 9.13 Å². The molecule has 0 spiro atoms. The molecule has 118 valence electrons. The minimum atomic E-state index is -0.201. The van der Waals surface area contributed by atoms with Gasteiger partial charge in [-0.15, -0.1) is 0 Å². The molecule has 0 aliphatic heterocycles. The van der Waals surface area contributed by atoms with Crippen molar-refractivity contribution in [3.05, 3.63) is 78.1 Å². The molecule has 3 heteroatoms. The van der Waals surface area contributed by atoms with Gasteiger partial charge in [0, 0.05) is 11.3 Å². The first-order chi connectivity index (χ1) is 11.3. The fraction of sp³-hybridized carbons (Fsp3) is 0.200. The fourth-order valence-corrected chi connectivity index (χ4v) is 2.84. The molecule has 0 bridgehead atoms. The van der Waals surface area contributed by atoms with Crippen molar-refractivity contribution in [1.82, 2.24) is 0 Å². The van der Waals surface area contributed by atoms with E-state index in [-0.39, 0.29) is 11.7 Å². The molecular weight excluding hydrogens is 289 g/mol. The molecule has 0 amide bonds. The van der Waals surface area contributed by atoms with Gasteiger partial charge in [-0.25, -0.2) is 4.39 Å². The van der Waals surface area contributed by atoms with Crippen molar-refractivity contribution in [2.45, 2.75) is 12.3 Å². The largest absolute Gasteiger partial charge is 0.493 e. The van der Waals surface area contributed by atoms with Crippen LogP contribution < -0.4 is 10.5 Å². The van der Waals surface area contributed by atoms with Crippen LogP contribution in [0.2, 0.25) is 0 Å². The first-order valence-electron chi connectivity index (χ1n) is 7.84. The number of halogens is 1. The van der Waals surface area contributed by atoms with Crippen LogP contribution in [0.4, 0.5) is 4.39 Å². The molecule has 0 aliphatic rings. The second-order valence-electron chi connectivity index (χ2n) is 5.57. The van der Waals surface area contributed by atoms with Crippen molar-refractivity contribution >= 4 is 10.8 Å². The lowest BCUT2D eigenvalue weighted by Gasteiger charge is -2.17. The number of fused-ring (bicyclic) bond motifs is 1. The van der Waals surface area contributed by atoms with Crippen molar-refractivity contribution in [1.29, 1.82) is 0 Å². The van der Waals surface area contributed by atoms with Crippen LogP contribution in [0.15, 0.2) is 66.7 Å². The van der Waals surface area contributed by atoms with Crippen LogP contribution in [-0.2, 0) is 0 Å². The third-order valence-electron chi connectivity index (χ3n) is 4.10. The highest BCUT2D eigenvalue weighted by atomic mass is 19.1. The summed E-state index contributed by atoms with van der Waals surface area (Å²) in [4.78, 5) is 0. The van der Waals surface area contributed by atoms with Crippen molar-refractivity contribution in [2.24, 2.45) is 5.73 Å². The summed E-state index contributed by atoms with van der Waals surface area (Å²) in [6.45, 7) is 0.907. The van der Waals surface area contributed by atoms with Gasteiger partial charge in [0.15, 0.2) is 0 Å². The summed E-state index contributed by atoms with van der Waals surface area (Å²) in [7, 11) is 0. The molecule has 3 aromatic carbocycles. The van der Waals surface area contributed by atoms with Gasteiger partial charge in [0.05, 0.1) is 6.61 Å². The van der Waals surface area contributed by atoms with Crippen LogP contribution in [0.25, 0.3) is 10.8 Å². The Morgan fingerprint density at radius 3 is 2.48 bits per heavy atom. The highest BCUT2D eigenvalue weighted by molar-refractivity contribution is 5.88. The third-order valence-corrected chi connectivity index (χ3v) is 4.10. The molecule has 0 aliphatic carbocycles. The number of hydrogen-bond acceptors (Lipinski definition) is 2. The standard InChI is InChI=1S/C20H20FNO/c21-19-10-4-3-8-17(19)16(14-22)12-13-23-20-11-5-7-15-6-1-2-9-18(15)20/h1-11,16H,12-14,22H2. The molecule has 0 radical (unpaired) electrons. The topological polar surface area (TPSA) is 35.2 Å². The normalized spacial score (nSPS) is 12.3. The van der Waals surface area contributed by atoms with Crippen molar-refractivity contribution in [3.63, 3.8) is 0 Å². The fourth-order valence-electron chi connectivity index (χ4n) is 2.84. The Balaban J connectivity index is 1.69. The highest BCUT2D eigenvalue weighted by Crippen LogP contribution is 2.27. The van der Waals surface area contributed by atoms with E-state index in [1.54, 1.807) is 12.1 Å². The number of rotatable bonds is 6. The minimum Gasteiger partial charge on any atom is -0.493 e. The lowest BCUT2D eigenvalue weighted by atomic mass is 9.96. The summed E-state index contributed by atoms with van der Waals surface area (Å²) in [5, 5.41) is 2.24. The second kappa shape index (κ2) is 7.25. The van der Waals surface area contributed by atoms with E-state index in [0.29, 0.717) is 25.1 Å². The SMILES string of the molecule is NCC(CCOc1cccc2ccccc12)c1ccccc1F. The summed E-state index contributed by atoms with van der Waals surface area (Å²) in [6, 6.07) is 20.9. The van der Waals surface area contributed by atoms with Gasteiger partial charge in [-0.2, -0.15) is 0 Å². The van der Waals surface area contributed by atoms with Gasteiger partial charge in [0.1, 0.15) is 11.6 Å². The Hall–Kier alpha value is -2.39. The number of ether oxygens (including phenoxy) is 1. The molecule has 23 heavy (non-hydrogen) atoms. The van der Waals surface area contributed by atoms with Crippen LogP contribution in [0.1, 0.15) is 17.9 Å². The van der Waals surface area contributed by atoms with E-state index in [1.165, 1.54) is 6.07 Å². The molecule has 0 aromatic heterocycles. The van der Waals surface area contributed by atoms with Gasteiger partial charge in [-0.05, 0) is 36.0 Å². The Kier molecular flexibility index (Phi) is 4.89. The van der Waals surface area contributed by atoms with Gasteiger partial charge in [-0.3, -0.25) is 0 Å². The second-order valence-corrected chi connectivity index (χ2v) is 5.57. The third kappa shape index (κ3) is 3.51. The van der Waals surface area contributed by atoms with Crippen molar-refractivity contribution in [3.8, 4) is 5.75 Å². The average molecular weight is 309 g/mol. The molecule has 2 N–H and O–H groups in total. The van der Waals surface area contributed by atoms with E-state index in [0.717, 1.165) is 16.5 Å². The lowest BCUT2D eigenvalue weighted by molar-refractivity contribution is 0.300. The summed E-state index contributed by atoms with van der Waals surface area (Å²) >= 11 is 0. The molecule has 0 fully saturated rings. The van der Waals surface area contributed by atoms with E-state index in [2.05, 4.69) is 12.1 Å². The van der Waals surface area contributed by atoms with Crippen LogP contribution in [0.3, 0.4) is 0 Å². The molecule has 0 saturated heterocycles. The van der Waals surface area contributed by atoms with Gasteiger partial charge in [0.25, 0.3) is 0 Å². The molecule has 1 atom stereocenters. The van der Waals surface area contributed by atoms with Gasteiger partial charge < -0.3 is 10.5 Å². The first kappa shape index (κ1) is 15.5. The Morgan fingerprint density at radius 2 is 1.65 bits per heavy atom. The zero-order chi connectivity index (χ0) is 16.1. The first-order valence-corrected chi connectivity index (χ1v) is 7.84. The van der Waals surface area contributed by atoms with E-state index >= 15 is 0 Å². The van der Waals surface area contributed by atoms with Gasteiger partial charge in [-0.1, -0.05) is 54.6 Å². The molecule has 3 rings (SSSR count). The van der Waals surface area contributed by atoms with Crippen molar-refractivity contribution in [2.75, 3.05) is 13.2 Å². The number of hydrogen-bond donors (Lipinski definition) is 1. The monoisotopic (exact) mass is 309 g/mol. The molecule has 0 saturated carbocycles. The predicted octanol–water partition coefficient (Wildman–Crippen LogP) is 4.49. The average Bonchev–Trinajstić information content (AvgIpc) is 2.60. The van der Waals surface area contributed by atoms with Crippen LogP contribution in [0, 0.1) is 5.82 Å². The zero-order valence-corrected chi connectivity index (χ0v) is 12.9. The van der Waals surface area contributed by atoms with Crippen LogP contribution in [-0.4, -0.2) is 13.2 Å². The maximum absolute atomic E-state index is 13.9. The molecule has 0 heterocycles.